The Morgan fingerprint density at radius 2 is 1.53 bits per heavy atom. The van der Waals surface area contributed by atoms with Gasteiger partial charge in [-0.1, -0.05) is 19.1 Å². The topological polar surface area (TPSA) is 117 Å². The molecule has 1 N–H and O–H groups in total. The number of alkyl halides is 5. The van der Waals surface area contributed by atoms with Gasteiger partial charge in [0.25, 0.3) is 11.8 Å². The normalized spacial score (nSPS) is 12.4. The molecule has 0 saturated carbocycles. The van der Waals surface area contributed by atoms with Gasteiger partial charge in [0.2, 0.25) is 0 Å². The van der Waals surface area contributed by atoms with Crippen LogP contribution in [0.2, 0.25) is 0 Å². The summed E-state index contributed by atoms with van der Waals surface area (Å²) in [4.78, 5) is 27.2. The highest BCUT2D eigenvalue weighted by atomic mass is 32.2. The molecule has 0 radical (unpaired) electrons. The molecule has 3 aromatic rings. The third-order valence-electron chi connectivity index (χ3n) is 6.33. The zero-order chi connectivity index (χ0) is 31.8. The number of sulfone groups is 1. The Morgan fingerprint density at radius 1 is 0.953 bits per heavy atom. The number of nitrogens with one attached hydrogen (secondary N) is 1. The molecule has 43 heavy (non-hydrogen) atoms. The van der Waals surface area contributed by atoms with E-state index in [1.165, 1.54) is 55.5 Å². The van der Waals surface area contributed by atoms with Crippen LogP contribution in [-0.2, 0) is 20.8 Å². The molecule has 3 aromatic carbocycles. The van der Waals surface area contributed by atoms with Gasteiger partial charge in [0.15, 0.2) is 9.84 Å². The minimum Gasteiger partial charge on any atom is -0.344 e. The maximum Gasteiger partial charge on any atom is 0.416 e. The lowest BCUT2D eigenvalue weighted by Gasteiger charge is -2.23. The summed E-state index contributed by atoms with van der Waals surface area (Å²) in [6.45, 7) is -2.55. The molecule has 0 aromatic heterocycles. The number of hydrogen-bond donors (Lipinski definition) is 1. The van der Waals surface area contributed by atoms with Crippen LogP contribution in [0.25, 0.3) is 0 Å². The Bertz CT molecular complexity index is 1550. The third kappa shape index (κ3) is 8.82. The van der Waals surface area contributed by atoms with Crippen molar-refractivity contribution in [3.05, 3.63) is 95.1 Å². The fraction of sp³-hybridized carbons (Fsp3) is 0.276. The Kier molecular flexibility index (Phi) is 11.0. The van der Waals surface area contributed by atoms with Crippen molar-refractivity contribution >= 4 is 27.3 Å². The van der Waals surface area contributed by atoms with Crippen LogP contribution in [0.3, 0.4) is 0 Å². The van der Waals surface area contributed by atoms with Crippen molar-refractivity contribution in [2.75, 3.05) is 23.8 Å². The summed E-state index contributed by atoms with van der Waals surface area (Å²) < 4.78 is 92.3. The molecule has 0 aliphatic rings. The Balaban J connectivity index is 1.81. The quantitative estimate of drug-likeness (QED) is 0.256. The molecule has 0 heterocycles. The van der Waals surface area contributed by atoms with Crippen LogP contribution in [-0.4, -0.2) is 45.7 Å². The Morgan fingerprint density at radius 3 is 2.05 bits per heavy atom. The van der Waals surface area contributed by atoms with E-state index in [1.807, 2.05) is 6.07 Å². The summed E-state index contributed by atoms with van der Waals surface area (Å²) in [5, 5.41) is 12.0. The van der Waals surface area contributed by atoms with Gasteiger partial charge in [0, 0.05) is 23.4 Å². The SMILES string of the molecule is CCS(=O)(=O)c1ccc(C(CC#N)NC(=O)c2ccc(N(CCOC(F)F)C(=O)c3ccc(C(F)(F)F)cc3)cc2)cc1. The molecule has 2 amide bonds. The second kappa shape index (κ2) is 14.2. The third-order valence-corrected chi connectivity index (χ3v) is 8.08. The first kappa shape index (κ1) is 33.2. The first-order chi connectivity index (χ1) is 20.3. The van der Waals surface area contributed by atoms with E-state index in [9.17, 15) is 45.2 Å². The lowest BCUT2D eigenvalue weighted by atomic mass is 10.0. The lowest BCUT2D eigenvalue weighted by molar-refractivity contribution is -0.137. The zero-order valence-corrected chi connectivity index (χ0v) is 23.5. The fourth-order valence-corrected chi connectivity index (χ4v) is 4.87. The van der Waals surface area contributed by atoms with Crippen LogP contribution in [0.15, 0.2) is 77.7 Å². The van der Waals surface area contributed by atoms with Crippen LogP contribution in [0.1, 0.15) is 51.2 Å². The second-order valence-corrected chi connectivity index (χ2v) is 11.3. The van der Waals surface area contributed by atoms with Crippen LogP contribution < -0.4 is 10.2 Å². The molecule has 0 aliphatic carbocycles. The van der Waals surface area contributed by atoms with Crippen molar-refractivity contribution in [1.29, 1.82) is 5.26 Å². The second-order valence-electron chi connectivity index (χ2n) is 9.07. The van der Waals surface area contributed by atoms with E-state index in [0.717, 1.165) is 29.2 Å². The smallest absolute Gasteiger partial charge is 0.344 e. The number of nitriles is 1. The highest BCUT2D eigenvalue weighted by Gasteiger charge is 2.30. The molecule has 0 spiro atoms. The maximum absolute atomic E-state index is 13.1. The monoisotopic (exact) mass is 623 g/mol. The number of ether oxygens (including phenoxy) is 1. The van der Waals surface area contributed by atoms with Crippen LogP contribution in [0.5, 0.6) is 0 Å². The van der Waals surface area contributed by atoms with Gasteiger partial charge >= 0.3 is 12.8 Å². The van der Waals surface area contributed by atoms with Crippen molar-refractivity contribution in [2.45, 2.75) is 37.1 Å². The Labute approximate surface area is 244 Å². The van der Waals surface area contributed by atoms with Crippen LogP contribution >= 0.6 is 0 Å². The standard InChI is InChI=1S/C29H26F5N3O5S/c1-2-43(40,41)24-13-7-19(8-14-24)25(15-16-35)36-26(38)20-5-11-23(12-6-20)37(17-18-42-28(30)31)27(39)21-3-9-22(10-4-21)29(32,33)34/h3-14,25,28H,2,15,17-18H2,1H3,(H,36,38). The summed E-state index contributed by atoms with van der Waals surface area (Å²) in [7, 11) is -3.44. The van der Waals surface area contributed by atoms with E-state index >= 15 is 0 Å². The largest absolute Gasteiger partial charge is 0.416 e. The van der Waals surface area contributed by atoms with Gasteiger partial charge in [0.05, 0.1) is 41.4 Å². The molecule has 0 bridgehead atoms. The first-order valence-corrected chi connectivity index (χ1v) is 14.4. The number of anilines is 1. The molecule has 0 fully saturated rings. The molecule has 0 saturated heterocycles. The predicted molar refractivity (Wildman–Crippen MR) is 146 cm³/mol. The Hall–Kier alpha value is -4.35. The summed E-state index contributed by atoms with van der Waals surface area (Å²) >= 11 is 0. The van der Waals surface area contributed by atoms with Gasteiger partial charge < -0.3 is 15.0 Å². The molecule has 3 rings (SSSR count). The average molecular weight is 624 g/mol. The molecular weight excluding hydrogens is 597 g/mol. The minimum absolute atomic E-state index is 0.0900. The molecule has 1 unspecified atom stereocenters. The molecule has 1 atom stereocenters. The number of hydrogen-bond acceptors (Lipinski definition) is 6. The van der Waals surface area contributed by atoms with Gasteiger partial charge in [-0.15, -0.1) is 0 Å². The summed E-state index contributed by atoms with van der Waals surface area (Å²) in [5.74, 6) is -1.47. The maximum atomic E-state index is 13.1. The van der Waals surface area contributed by atoms with E-state index in [-0.39, 0.29) is 40.4 Å². The van der Waals surface area contributed by atoms with E-state index in [4.69, 9.17) is 0 Å². The number of rotatable bonds is 12. The average Bonchev–Trinajstić information content (AvgIpc) is 2.98. The van der Waals surface area contributed by atoms with Crippen molar-refractivity contribution < 1.29 is 44.7 Å². The molecular formula is C29H26F5N3O5S. The highest BCUT2D eigenvalue weighted by molar-refractivity contribution is 7.91. The van der Waals surface area contributed by atoms with Crippen molar-refractivity contribution in [3.8, 4) is 6.07 Å². The van der Waals surface area contributed by atoms with Crippen molar-refractivity contribution in [3.63, 3.8) is 0 Å². The van der Waals surface area contributed by atoms with Gasteiger partial charge in [-0.2, -0.15) is 27.2 Å². The van der Waals surface area contributed by atoms with Crippen molar-refractivity contribution in [1.82, 2.24) is 5.32 Å². The van der Waals surface area contributed by atoms with Crippen LogP contribution in [0.4, 0.5) is 27.6 Å². The van der Waals surface area contributed by atoms with Gasteiger partial charge in [0.1, 0.15) is 0 Å². The molecule has 228 valence electrons. The van der Waals surface area contributed by atoms with Crippen molar-refractivity contribution in [2.24, 2.45) is 0 Å². The highest BCUT2D eigenvalue weighted by Crippen LogP contribution is 2.30. The fourth-order valence-electron chi connectivity index (χ4n) is 3.99. The van der Waals surface area contributed by atoms with E-state index in [2.05, 4.69) is 10.1 Å². The first-order valence-electron chi connectivity index (χ1n) is 12.8. The number of benzene rings is 3. The number of nitrogens with zero attached hydrogens (tertiary/aromatic N) is 2. The summed E-state index contributed by atoms with van der Waals surface area (Å²) in [6.07, 6.45) is -4.74. The van der Waals surface area contributed by atoms with Gasteiger partial charge in [-0.25, -0.2) is 8.42 Å². The van der Waals surface area contributed by atoms with Gasteiger partial charge in [-0.05, 0) is 66.2 Å². The molecule has 14 heteroatoms. The molecule has 8 nitrogen and oxygen atoms in total. The number of carbonyl (C=O) groups excluding carboxylic acids is 2. The van der Waals surface area contributed by atoms with Crippen LogP contribution in [0, 0.1) is 11.3 Å². The number of carbonyl (C=O) groups is 2. The number of halogens is 5. The lowest BCUT2D eigenvalue weighted by Crippen LogP contribution is -2.34. The number of amides is 2. The van der Waals surface area contributed by atoms with E-state index in [1.54, 1.807) is 0 Å². The predicted octanol–water partition coefficient (Wildman–Crippen LogP) is 5.77. The minimum atomic E-state index is -4.62. The molecule has 0 aliphatic heterocycles. The summed E-state index contributed by atoms with van der Waals surface area (Å²) in [5.41, 5.74) is -0.343. The van der Waals surface area contributed by atoms with Gasteiger partial charge in [-0.3, -0.25) is 9.59 Å². The zero-order valence-electron chi connectivity index (χ0n) is 22.6. The van der Waals surface area contributed by atoms with E-state index in [0.29, 0.717) is 5.56 Å². The van der Waals surface area contributed by atoms with E-state index < -0.39 is 52.7 Å². The summed E-state index contributed by atoms with van der Waals surface area (Å²) in [6, 6.07) is 15.7.